The van der Waals surface area contributed by atoms with E-state index in [9.17, 15) is 9.18 Å². The minimum absolute atomic E-state index is 0.399. The summed E-state index contributed by atoms with van der Waals surface area (Å²) < 4.78 is 19.0. The number of hydrogen-bond donors (Lipinski definition) is 1. The van der Waals surface area contributed by atoms with Crippen molar-refractivity contribution in [1.29, 1.82) is 0 Å². The third-order valence-electron chi connectivity index (χ3n) is 4.62. The summed E-state index contributed by atoms with van der Waals surface area (Å²) in [6.07, 6.45) is 3.26. The summed E-state index contributed by atoms with van der Waals surface area (Å²) in [6, 6.07) is 7.66. The molecule has 1 aromatic carbocycles. The van der Waals surface area contributed by atoms with Crippen molar-refractivity contribution < 1.29 is 8.81 Å². The van der Waals surface area contributed by atoms with E-state index >= 15 is 0 Å². The topological polar surface area (TPSA) is 45.5 Å². The van der Waals surface area contributed by atoms with E-state index < -0.39 is 17.2 Å². The van der Waals surface area contributed by atoms with Crippen LogP contribution >= 0.6 is 11.6 Å². The van der Waals surface area contributed by atoms with Gasteiger partial charge in [0.2, 0.25) is 0 Å². The Kier molecular flexibility index (Phi) is 4.36. The van der Waals surface area contributed by atoms with Gasteiger partial charge in [0.1, 0.15) is 11.8 Å². The molecule has 2 heterocycles. The molecule has 2 aromatic rings. The normalized spacial score (nSPS) is 23.8. The standard InChI is InChI=1S/C19H18ClFN2O2/c20-16-10-12(2-4-17(16)21)15-9-13-1-3-14(11-18(13)25-19(15)24)23-7-5-22-6-8-23/h1-4,9-11,16-17,22H,5-8H2. The molecule has 1 fully saturated rings. The highest BCUT2D eigenvalue weighted by molar-refractivity contribution is 6.23. The Bertz CT molecular complexity index is 915. The largest absolute Gasteiger partial charge is 0.422 e. The van der Waals surface area contributed by atoms with Gasteiger partial charge in [-0.2, -0.15) is 0 Å². The minimum Gasteiger partial charge on any atom is -0.422 e. The van der Waals surface area contributed by atoms with Gasteiger partial charge in [-0.25, -0.2) is 9.18 Å². The molecule has 1 aliphatic heterocycles. The molecular weight excluding hydrogens is 343 g/mol. The summed E-state index contributed by atoms with van der Waals surface area (Å²) in [6.45, 7) is 3.73. The molecule has 1 aliphatic carbocycles. The molecule has 0 saturated carbocycles. The molecule has 4 nitrogen and oxygen atoms in total. The highest BCUT2D eigenvalue weighted by atomic mass is 35.5. The Morgan fingerprint density at radius 2 is 2.04 bits per heavy atom. The Morgan fingerprint density at radius 1 is 1.24 bits per heavy atom. The fraction of sp³-hybridized carbons (Fsp3) is 0.316. The van der Waals surface area contributed by atoms with Crippen LogP contribution in [-0.2, 0) is 0 Å². The monoisotopic (exact) mass is 360 g/mol. The molecule has 1 aromatic heterocycles. The number of hydrogen-bond acceptors (Lipinski definition) is 4. The quantitative estimate of drug-likeness (QED) is 0.660. The van der Waals surface area contributed by atoms with E-state index in [1.54, 1.807) is 18.2 Å². The van der Waals surface area contributed by atoms with Crippen LogP contribution in [-0.4, -0.2) is 37.7 Å². The van der Waals surface area contributed by atoms with Crippen LogP contribution in [0.5, 0.6) is 0 Å². The number of alkyl halides is 2. The minimum atomic E-state index is -1.24. The summed E-state index contributed by atoms with van der Waals surface area (Å²) in [5, 5.41) is 3.37. The van der Waals surface area contributed by atoms with Gasteiger partial charge in [0.25, 0.3) is 0 Å². The number of fused-ring (bicyclic) bond motifs is 1. The molecule has 1 saturated heterocycles. The van der Waals surface area contributed by atoms with Crippen LogP contribution in [0.25, 0.3) is 16.5 Å². The Morgan fingerprint density at radius 3 is 2.80 bits per heavy atom. The van der Waals surface area contributed by atoms with Crippen LogP contribution in [0.15, 0.2) is 51.7 Å². The van der Waals surface area contributed by atoms with Crippen molar-refractivity contribution in [1.82, 2.24) is 5.32 Å². The van der Waals surface area contributed by atoms with E-state index in [4.69, 9.17) is 16.0 Å². The Hall–Kier alpha value is -2.11. The summed E-state index contributed by atoms with van der Waals surface area (Å²) >= 11 is 5.94. The van der Waals surface area contributed by atoms with Gasteiger partial charge in [0, 0.05) is 43.3 Å². The molecule has 2 atom stereocenters. The fourth-order valence-corrected chi connectivity index (χ4v) is 3.44. The van der Waals surface area contributed by atoms with Crippen molar-refractivity contribution in [2.45, 2.75) is 11.5 Å². The number of rotatable bonds is 2. The SMILES string of the molecule is O=c1oc2cc(N3CCNCC3)ccc2cc1C1=CC(Cl)C(F)C=C1. The number of halogens is 2. The van der Waals surface area contributed by atoms with Crippen molar-refractivity contribution in [3.63, 3.8) is 0 Å². The van der Waals surface area contributed by atoms with Gasteiger partial charge in [-0.15, -0.1) is 11.6 Å². The van der Waals surface area contributed by atoms with Gasteiger partial charge < -0.3 is 14.6 Å². The average molecular weight is 361 g/mol. The van der Waals surface area contributed by atoms with Gasteiger partial charge in [-0.1, -0.05) is 12.2 Å². The van der Waals surface area contributed by atoms with Crippen LogP contribution < -0.4 is 15.8 Å². The predicted molar refractivity (Wildman–Crippen MR) is 99.2 cm³/mol. The van der Waals surface area contributed by atoms with E-state index in [0.717, 1.165) is 37.3 Å². The lowest BCUT2D eigenvalue weighted by Gasteiger charge is -2.29. The molecule has 6 heteroatoms. The molecule has 0 bridgehead atoms. The highest BCUT2D eigenvalue weighted by Gasteiger charge is 2.20. The lowest BCUT2D eigenvalue weighted by atomic mass is 9.99. The Balaban J connectivity index is 1.72. The van der Waals surface area contributed by atoms with Crippen LogP contribution in [0.1, 0.15) is 5.56 Å². The number of anilines is 1. The van der Waals surface area contributed by atoms with E-state index in [-0.39, 0.29) is 0 Å². The second-order valence-electron chi connectivity index (χ2n) is 6.28. The van der Waals surface area contributed by atoms with Crippen molar-refractivity contribution in [2.24, 2.45) is 0 Å². The van der Waals surface area contributed by atoms with Crippen LogP contribution in [0.4, 0.5) is 10.1 Å². The first-order chi connectivity index (χ1) is 12.1. The summed E-state index contributed by atoms with van der Waals surface area (Å²) in [4.78, 5) is 14.7. The zero-order valence-corrected chi connectivity index (χ0v) is 14.3. The van der Waals surface area contributed by atoms with Gasteiger partial charge in [-0.3, -0.25) is 0 Å². The third kappa shape index (κ3) is 3.22. The second-order valence-corrected chi connectivity index (χ2v) is 6.78. The molecular formula is C19H18ClFN2O2. The molecule has 130 valence electrons. The first-order valence-electron chi connectivity index (χ1n) is 8.34. The molecule has 0 spiro atoms. The lowest BCUT2D eigenvalue weighted by Crippen LogP contribution is -2.43. The number of benzene rings is 1. The van der Waals surface area contributed by atoms with Crippen molar-refractivity contribution in [3.8, 4) is 0 Å². The maximum atomic E-state index is 13.5. The molecule has 0 radical (unpaired) electrons. The molecule has 4 rings (SSSR count). The zero-order valence-electron chi connectivity index (χ0n) is 13.5. The first-order valence-corrected chi connectivity index (χ1v) is 8.77. The number of allylic oxidation sites excluding steroid dienone is 4. The molecule has 2 aliphatic rings. The van der Waals surface area contributed by atoms with Gasteiger partial charge in [-0.05, 0) is 29.8 Å². The Labute approximate surface area is 149 Å². The van der Waals surface area contributed by atoms with Gasteiger partial charge >= 0.3 is 5.63 Å². The van der Waals surface area contributed by atoms with E-state index in [1.165, 1.54) is 6.08 Å². The molecule has 25 heavy (non-hydrogen) atoms. The third-order valence-corrected chi connectivity index (χ3v) is 4.98. The maximum absolute atomic E-state index is 13.5. The summed E-state index contributed by atoms with van der Waals surface area (Å²) in [5.74, 6) is 0. The summed E-state index contributed by atoms with van der Waals surface area (Å²) in [5.41, 5.74) is 2.15. The number of nitrogens with one attached hydrogen (secondary N) is 1. The fourth-order valence-electron chi connectivity index (χ4n) is 3.22. The average Bonchev–Trinajstić information content (AvgIpc) is 2.64. The van der Waals surface area contributed by atoms with Crippen LogP contribution in [0, 0.1) is 0 Å². The van der Waals surface area contributed by atoms with E-state index in [2.05, 4.69) is 10.2 Å². The van der Waals surface area contributed by atoms with E-state index in [1.807, 2.05) is 18.2 Å². The highest BCUT2D eigenvalue weighted by Crippen LogP contribution is 2.27. The number of nitrogens with zero attached hydrogens (tertiary/aromatic N) is 1. The van der Waals surface area contributed by atoms with Gasteiger partial charge in [0.15, 0.2) is 0 Å². The van der Waals surface area contributed by atoms with Crippen molar-refractivity contribution >= 4 is 33.8 Å². The van der Waals surface area contributed by atoms with Gasteiger partial charge in [0.05, 0.1) is 10.9 Å². The second kappa shape index (κ2) is 6.65. The van der Waals surface area contributed by atoms with Crippen molar-refractivity contribution in [3.05, 3.63) is 58.5 Å². The molecule has 1 N–H and O–H groups in total. The van der Waals surface area contributed by atoms with Crippen LogP contribution in [0.2, 0.25) is 0 Å². The molecule has 0 amide bonds. The van der Waals surface area contributed by atoms with Crippen molar-refractivity contribution in [2.75, 3.05) is 31.1 Å². The first kappa shape index (κ1) is 16.4. The molecule has 2 unspecified atom stereocenters. The van der Waals surface area contributed by atoms with E-state index in [0.29, 0.717) is 16.7 Å². The maximum Gasteiger partial charge on any atom is 0.344 e. The lowest BCUT2D eigenvalue weighted by molar-refractivity contribution is 0.406. The number of piperazine rings is 1. The predicted octanol–water partition coefficient (Wildman–Crippen LogP) is 3.10. The zero-order chi connectivity index (χ0) is 17.4. The van der Waals surface area contributed by atoms with Crippen LogP contribution in [0.3, 0.4) is 0 Å². The summed E-state index contributed by atoms with van der Waals surface area (Å²) in [7, 11) is 0. The smallest absolute Gasteiger partial charge is 0.344 e.